The fourth-order valence-corrected chi connectivity index (χ4v) is 2.09. The third-order valence-electron chi connectivity index (χ3n) is 2.57. The fourth-order valence-electron chi connectivity index (χ4n) is 2.09. The van der Waals surface area contributed by atoms with E-state index < -0.39 is 0 Å². The highest BCUT2D eigenvalue weighted by molar-refractivity contribution is 5.00. The summed E-state index contributed by atoms with van der Waals surface area (Å²) in [6.07, 6.45) is 0.696. The second kappa shape index (κ2) is 6.26. The number of rotatable bonds is 5. The molecule has 88 valence electrons. The van der Waals surface area contributed by atoms with Gasteiger partial charge in [-0.3, -0.25) is 4.90 Å². The van der Waals surface area contributed by atoms with Crippen LogP contribution in [0.1, 0.15) is 20.8 Å². The molecule has 0 spiro atoms. The zero-order valence-corrected chi connectivity index (χ0v) is 10.3. The molecule has 1 aliphatic rings. The molecule has 0 bridgehead atoms. The summed E-state index contributed by atoms with van der Waals surface area (Å²) < 4.78 is 5.69. The van der Waals surface area contributed by atoms with E-state index >= 15 is 0 Å². The lowest BCUT2D eigenvalue weighted by Crippen LogP contribution is -2.46. The normalized spacial score (nSPS) is 27.9. The second-order valence-corrected chi connectivity index (χ2v) is 4.48. The van der Waals surface area contributed by atoms with E-state index in [1.54, 1.807) is 0 Å². The molecule has 1 heterocycles. The minimum atomic E-state index is 0.348. The molecule has 2 atom stereocenters. The van der Waals surface area contributed by atoms with Gasteiger partial charge in [0.2, 0.25) is 0 Å². The summed E-state index contributed by atoms with van der Waals surface area (Å²) in [5, 5.41) is 3.30. The maximum Gasteiger partial charge on any atom is 0.0678 e. The van der Waals surface area contributed by atoms with E-state index in [4.69, 9.17) is 4.74 Å². The molecule has 0 saturated carbocycles. The number of nitrogens with zero attached hydrogens (tertiary/aromatic N) is 1. The number of hydrogen-bond donors (Lipinski definition) is 1. The topological polar surface area (TPSA) is 24.5 Å². The molecule has 0 aromatic heterocycles. The summed E-state index contributed by atoms with van der Waals surface area (Å²) >= 11 is 0. The molecule has 1 aliphatic heterocycles. The quantitative estimate of drug-likeness (QED) is 0.694. The van der Waals surface area contributed by atoms with Gasteiger partial charge in [0, 0.05) is 26.2 Å². The Morgan fingerprint density at radius 2 is 2.00 bits per heavy atom. The van der Waals surface area contributed by atoms with Gasteiger partial charge in [-0.2, -0.15) is 0 Å². The SMILES string of the molecule is C=C(CNCC)CN1C[C@@H](C)O[C@@H](C)C1. The van der Waals surface area contributed by atoms with Crippen molar-refractivity contribution in [3.8, 4) is 0 Å². The lowest BCUT2D eigenvalue weighted by atomic mass is 10.2. The molecule has 0 aromatic rings. The number of morpholine rings is 1. The van der Waals surface area contributed by atoms with E-state index in [1.807, 2.05) is 0 Å². The van der Waals surface area contributed by atoms with Crippen LogP contribution in [0.5, 0.6) is 0 Å². The van der Waals surface area contributed by atoms with Crippen LogP contribution in [0.15, 0.2) is 12.2 Å². The molecule has 1 fully saturated rings. The molecule has 15 heavy (non-hydrogen) atoms. The van der Waals surface area contributed by atoms with E-state index in [9.17, 15) is 0 Å². The van der Waals surface area contributed by atoms with Crippen LogP contribution in [0, 0.1) is 0 Å². The van der Waals surface area contributed by atoms with Crippen molar-refractivity contribution >= 4 is 0 Å². The Bertz CT molecular complexity index is 196. The van der Waals surface area contributed by atoms with Crippen LogP contribution in [0.25, 0.3) is 0 Å². The molecular weight excluding hydrogens is 188 g/mol. The first-order valence-electron chi connectivity index (χ1n) is 5.87. The summed E-state index contributed by atoms with van der Waals surface area (Å²) in [4.78, 5) is 2.43. The van der Waals surface area contributed by atoms with Gasteiger partial charge in [0.1, 0.15) is 0 Å². The maximum absolute atomic E-state index is 5.69. The summed E-state index contributed by atoms with van der Waals surface area (Å²) in [5.41, 5.74) is 1.26. The van der Waals surface area contributed by atoms with Gasteiger partial charge >= 0.3 is 0 Å². The molecule has 3 heteroatoms. The third-order valence-corrected chi connectivity index (χ3v) is 2.57. The lowest BCUT2D eigenvalue weighted by molar-refractivity contribution is -0.0653. The van der Waals surface area contributed by atoms with Crippen LogP contribution in [-0.4, -0.2) is 49.8 Å². The molecule has 3 nitrogen and oxygen atoms in total. The van der Waals surface area contributed by atoms with Crippen LogP contribution in [0.2, 0.25) is 0 Å². The lowest BCUT2D eigenvalue weighted by Gasteiger charge is -2.35. The van der Waals surface area contributed by atoms with Crippen molar-refractivity contribution in [2.75, 3.05) is 32.7 Å². The number of hydrogen-bond acceptors (Lipinski definition) is 3. The molecule has 0 aliphatic carbocycles. The monoisotopic (exact) mass is 212 g/mol. The zero-order valence-electron chi connectivity index (χ0n) is 10.3. The van der Waals surface area contributed by atoms with Crippen molar-refractivity contribution in [1.29, 1.82) is 0 Å². The predicted molar refractivity (Wildman–Crippen MR) is 64.1 cm³/mol. The van der Waals surface area contributed by atoms with Crippen LogP contribution < -0.4 is 5.32 Å². The van der Waals surface area contributed by atoms with Gasteiger partial charge in [0.25, 0.3) is 0 Å². The highest BCUT2D eigenvalue weighted by atomic mass is 16.5. The van der Waals surface area contributed by atoms with E-state index in [1.165, 1.54) is 5.57 Å². The van der Waals surface area contributed by atoms with E-state index in [2.05, 4.69) is 37.6 Å². The second-order valence-electron chi connectivity index (χ2n) is 4.48. The summed E-state index contributed by atoms with van der Waals surface area (Å²) in [6.45, 7) is 15.5. The first-order chi connectivity index (χ1) is 7.11. The van der Waals surface area contributed by atoms with Gasteiger partial charge in [-0.15, -0.1) is 0 Å². The van der Waals surface area contributed by atoms with E-state index in [0.29, 0.717) is 12.2 Å². The largest absolute Gasteiger partial charge is 0.373 e. The van der Waals surface area contributed by atoms with Crippen LogP contribution >= 0.6 is 0 Å². The average molecular weight is 212 g/mol. The van der Waals surface area contributed by atoms with Gasteiger partial charge in [0.05, 0.1) is 12.2 Å². The van der Waals surface area contributed by atoms with E-state index in [-0.39, 0.29) is 0 Å². The predicted octanol–water partition coefficient (Wildman–Crippen LogP) is 1.26. The van der Waals surface area contributed by atoms with Crippen molar-refractivity contribution in [2.24, 2.45) is 0 Å². The zero-order chi connectivity index (χ0) is 11.3. The molecule has 1 N–H and O–H groups in total. The smallest absolute Gasteiger partial charge is 0.0678 e. The average Bonchev–Trinajstić information content (AvgIpc) is 2.13. The van der Waals surface area contributed by atoms with E-state index in [0.717, 1.165) is 32.7 Å². The van der Waals surface area contributed by atoms with Crippen molar-refractivity contribution in [1.82, 2.24) is 10.2 Å². The van der Waals surface area contributed by atoms with Crippen LogP contribution in [-0.2, 0) is 4.74 Å². The van der Waals surface area contributed by atoms with Crippen molar-refractivity contribution in [3.05, 3.63) is 12.2 Å². The Kier molecular flexibility index (Phi) is 5.29. The number of ether oxygens (including phenoxy) is 1. The Balaban J connectivity index is 2.27. The number of likely N-dealkylation sites (N-methyl/N-ethyl adjacent to an activating group) is 1. The highest BCUT2D eigenvalue weighted by Gasteiger charge is 2.21. The van der Waals surface area contributed by atoms with Crippen molar-refractivity contribution in [3.63, 3.8) is 0 Å². The van der Waals surface area contributed by atoms with Crippen molar-refractivity contribution in [2.45, 2.75) is 33.0 Å². The minimum absolute atomic E-state index is 0.348. The molecule has 1 saturated heterocycles. The van der Waals surface area contributed by atoms with Crippen molar-refractivity contribution < 1.29 is 4.74 Å². The Morgan fingerprint density at radius 3 is 2.53 bits per heavy atom. The molecule has 0 amide bonds. The molecular formula is C12H24N2O. The number of nitrogens with one attached hydrogen (secondary N) is 1. The van der Waals surface area contributed by atoms with Gasteiger partial charge in [-0.05, 0) is 26.0 Å². The Hall–Kier alpha value is -0.380. The molecule has 0 aromatic carbocycles. The maximum atomic E-state index is 5.69. The minimum Gasteiger partial charge on any atom is -0.373 e. The Labute approximate surface area is 93.5 Å². The third kappa shape index (κ3) is 4.78. The summed E-state index contributed by atoms with van der Waals surface area (Å²) in [5.74, 6) is 0. The highest BCUT2D eigenvalue weighted by Crippen LogP contribution is 2.11. The Morgan fingerprint density at radius 1 is 1.40 bits per heavy atom. The molecule has 0 unspecified atom stereocenters. The first kappa shape index (κ1) is 12.7. The van der Waals surface area contributed by atoms with Crippen LogP contribution in [0.3, 0.4) is 0 Å². The van der Waals surface area contributed by atoms with Gasteiger partial charge in [-0.1, -0.05) is 13.5 Å². The van der Waals surface area contributed by atoms with Gasteiger partial charge in [-0.25, -0.2) is 0 Å². The fraction of sp³-hybridized carbons (Fsp3) is 0.833. The molecule has 1 rings (SSSR count). The van der Waals surface area contributed by atoms with Gasteiger partial charge < -0.3 is 10.1 Å². The van der Waals surface area contributed by atoms with Crippen LogP contribution in [0.4, 0.5) is 0 Å². The van der Waals surface area contributed by atoms with Gasteiger partial charge in [0.15, 0.2) is 0 Å². The molecule has 0 radical (unpaired) electrons. The standard InChI is InChI=1S/C12H24N2O/c1-5-13-6-10(2)7-14-8-11(3)15-12(4)9-14/h11-13H,2,5-9H2,1,3-4H3/t11-,12+. The summed E-state index contributed by atoms with van der Waals surface area (Å²) in [7, 11) is 0. The first-order valence-corrected chi connectivity index (χ1v) is 5.87. The summed E-state index contributed by atoms with van der Waals surface area (Å²) in [6, 6.07) is 0.